The van der Waals surface area contributed by atoms with E-state index in [-0.39, 0.29) is 17.2 Å². The van der Waals surface area contributed by atoms with Gasteiger partial charge in [-0.1, -0.05) is 53.5 Å². The monoisotopic (exact) mass is 448 g/mol. The number of carboxylic acid groups (broad SMARTS) is 1. The van der Waals surface area contributed by atoms with Crippen LogP contribution in [-0.2, 0) is 16.1 Å². The maximum Gasteiger partial charge on any atom is 0.328 e. The molecule has 0 radical (unpaired) electrons. The van der Waals surface area contributed by atoms with Crippen LogP contribution in [0.4, 0.5) is 0 Å². The van der Waals surface area contributed by atoms with E-state index in [0.717, 1.165) is 6.54 Å². The molecule has 4 rings (SSSR count). The topological polar surface area (TPSA) is 70.1 Å². The van der Waals surface area contributed by atoms with Crippen molar-refractivity contribution in [1.82, 2.24) is 9.80 Å². The predicted octanol–water partition coefficient (Wildman–Crippen LogP) is 3.91. The van der Waals surface area contributed by atoms with Gasteiger partial charge in [0.25, 0.3) is 5.91 Å². The van der Waals surface area contributed by atoms with Crippen LogP contribution in [0.3, 0.4) is 0 Å². The molecule has 8 heteroatoms. The molecule has 0 bridgehead atoms. The van der Waals surface area contributed by atoms with Gasteiger partial charge in [-0.25, -0.2) is 4.79 Å². The van der Waals surface area contributed by atoms with Crippen molar-refractivity contribution in [3.63, 3.8) is 0 Å². The first-order valence-electron chi connectivity index (χ1n) is 9.81. The molecule has 2 fully saturated rings. The van der Waals surface area contributed by atoms with Gasteiger partial charge in [-0.2, -0.15) is 0 Å². The smallest absolute Gasteiger partial charge is 0.328 e. The van der Waals surface area contributed by atoms with Crippen molar-refractivity contribution in [1.29, 1.82) is 0 Å². The maximum atomic E-state index is 13.4. The number of hydrogen-bond acceptors (Lipinski definition) is 4. The Bertz CT molecular complexity index is 945. The number of carbonyl (C=O) groups excluding carboxylic acids is 1. The van der Waals surface area contributed by atoms with Crippen molar-refractivity contribution in [3.8, 4) is 0 Å². The van der Waals surface area contributed by atoms with Crippen LogP contribution >= 0.6 is 23.2 Å². The summed E-state index contributed by atoms with van der Waals surface area (Å²) in [6.45, 7) is 2.15. The highest BCUT2D eigenvalue weighted by Gasteiger charge is 2.54. The predicted molar refractivity (Wildman–Crippen MR) is 114 cm³/mol. The van der Waals surface area contributed by atoms with Crippen molar-refractivity contribution in [2.75, 3.05) is 19.7 Å². The molecule has 0 unspecified atom stereocenters. The third kappa shape index (κ3) is 4.05. The zero-order valence-corrected chi connectivity index (χ0v) is 17.8. The van der Waals surface area contributed by atoms with E-state index in [4.69, 9.17) is 27.9 Å². The van der Waals surface area contributed by atoms with Crippen molar-refractivity contribution >= 4 is 35.1 Å². The number of nitrogens with zero attached hydrogens (tertiary/aromatic N) is 2. The van der Waals surface area contributed by atoms with Crippen LogP contribution in [0.5, 0.6) is 0 Å². The average molecular weight is 449 g/mol. The van der Waals surface area contributed by atoms with Gasteiger partial charge in [-0.15, -0.1) is 0 Å². The molecule has 1 N–H and O–H groups in total. The molecule has 0 aromatic heterocycles. The van der Waals surface area contributed by atoms with E-state index in [0.29, 0.717) is 31.0 Å². The molecule has 1 spiro atoms. The van der Waals surface area contributed by atoms with Crippen LogP contribution in [0, 0.1) is 0 Å². The highest BCUT2D eigenvalue weighted by atomic mass is 35.5. The van der Waals surface area contributed by atoms with E-state index in [2.05, 4.69) is 17.0 Å². The van der Waals surface area contributed by atoms with E-state index in [1.54, 1.807) is 6.07 Å². The second-order valence-corrected chi connectivity index (χ2v) is 8.52. The van der Waals surface area contributed by atoms with Crippen molar-refractivity contribution in [2.45, 2.75) is 31.2 Å². The second kappa shape index (κ2) is 8.55. The first-order valence-corrected chi connectivity index (χ1v) is 10.6. The van der Waals surface area contributed by atoms with Crippen molar-refractivity contribution < 1.29 is 19.4 Å². The van der Waals surface area contributed by atoms with Gasteiger partial charge in [0.15, 0.2) is 6.04 Å². The summed E-state index contributed by atoms with van der Waals surface area (Å²) in [7, 11) is 0. The average Bonchev–Trinajstić information content (AvgIpc) is 3.09. The Balaban J connectivity index is 1.56. The van der Waals surface area contributed by atoms with Gasteiger partial charge in [-0.3, -0.25) is 14.6 Å². The molecular formula is C22H22Cl2N2O4. The fourth-order valence-electron chi connectivity index (χ4n) is 4.25. The fraction of sp³-hybridized carbons (Fsp3) is 0.364. The number of likely N-dealkylation sites (tertiary alicyclic amines) is 1. The number of carboxylic acids is 1. The van der Waals surface area contributed by atoms with Crippen LogP contribution < -0.4 is 0 Å². The number of carbonyl (C=O) groups is 2. The largest absolute Gasteiger partial charge is 0.480 e. The molecule has 2 aromatic carbocycles. The highest BCUT2D eigenvalue weighted by Crippen LogP contribution is 2.39. The van der Waals surface area contributed by atoms with Gasteiger partial charge in [0.1, 0.15) is 5.72 Å². The molecule has 158 valence electrons. The van der Waals surface area contributed by atoms with Gasteiger partial charge in [-0.05, 0) is 23.8 Å². The maximum absolute atomic E-state index is 13.4. The van der Waals surface area contributed by atoms with Crippen molar-refractivity contribution in [2.24, 2.45) is 0 Å². The number of ether oxygens (including phenoxy) is 1. The second-order valence-electron chi connectivity index (χ2n) is 7.67. The van der Waals surface area contributed by atoms with Gasteiger partial charge >= 0.3 is 5.97 Å². The molecule has 30 heavy (non-hydrogen) atoms. The Hall–Kier alpha value is -2.12. The SMILES string of the molecule is O=C(O)[C@@H]1COC2(CCN(Cc3ccccc3)CC2)N1C(=O)c1ccc(Cl)cc1Cl. The zero-order valence-electron chi connectivity index (χ0n) is 16.3. The van der Waals surface area contributed by atoms with Crippen LogP contribution in [0.2, 0.25) is 10.0 Å². The van der Waals surface area contributed by atoms with Crippen molar-refractivity contribution in [3.05, 3.63) is 69.7 Å². The number of aliphatic carboxylic acids is 1. The Morgan fingerprint density at radius 2 is 1.80 bits per heavy atom. The summed E-state index contributed by atoms with van der Waals surface area (Å²) in [5.74, 6) is -1.53. The third-order valence-electron chi connectivity index (χ3n) is 5.81. The summed E-state index contributed by atoms with van der Waals surface area (Å²) in [5, 5.41) is 10.3. The lowest BCUT2D eigenvalue weighted by Gasteiger charge is -2.44. The molecule has 2 aliphatic rings. The molecule has 1 atom stereocenters. The summed E-state index contributed by atoms with van der Waals surface area (Å²) in [6, 6.07) is 13.7. The molecule has 2 aliphatic heterocycles. The van der Waals surface area contributed by atoms with Crippen LogP contribution in [-0.4, -0.2) is 58.2 Å². The Morgan fingerprint density at radius 1 is 1.10 bits per heavy atom. The van der Waals surface area contributed by atoms with Crippen LogP contribution in [0.1, 0.15) is 28.8 Å². The fourth-order valence-corrected chi connectivity index (χ4v) is 4.74. The Labute approximate surface area is 184 Å². The lowest BCUT2D eigenvalue weighted by molar-refractivity contribution is -0.144. The summed E-state index contributed by atoms with van der Waals surface area (Å²) < 4.78 is 6.00. The standard InChI is InChI=1S/C22H22Cl2N2O4/c23-16-6-7-17(18(24)12-16)20(27)26-19(21(28)29)14-30-22(26)8-10-25(11-9-22)13-15-4-2-1-3-5-15/h1-7,12,19H,8-11,13-14H2,(H,28,29)/t19-/m0/s1. The Morgan fingerprint density at radius 3 is 2.43 bits per heavy atom. The zero-order chi connectivity index (χ0) is 21.3. The molecule has 0 saturated carbocycles. The molecule has 2 aromatic rings. The first-order chi connectivity index (χ1) is 14.4. The summed E-state index contributed by atoms with van der Waals surface area (Å²) >= 11 is 12.2. The minimum atomic E-state index is -1.09. The molecular weight excluding hydrogens is 427 g/mol. The van der Waals surface area contributed by atoms with E-state index >= 15 is 0 Å². The lowest BCUT2D eigenvalue weighted by atomic mass is 9.96. The highest BCUT2D eigenvalue weighted by molar-refractivity contribution is 6.36. The van der Waals surface area contributed by atoms with Crippen LogP contribution in [0.15, 0.2) is 48.5 Å². The first kappa shape index (κ1) is 21.1. The Kier molecular flexibility index (Phi) is 6.02. The van der Waals surface area contributed by atoms with E-state index in [1.165, 1.54) is 22.6 Å². The summed E-state index contributed by atoms with van der Waals surface area (Å²) in [5.41, 5.74) is 0.491. The lowest BCUT2D eigenvalue weighted by Crippen LogP contribution is -2.58. The van der Waals surface area contributed by atoms with Gasteiger partial charge in [0.05, 0.1) is 17.2 Å². The molecule has 6 nitrogen and oxygen atoms in total. The molecule has 0 aliphatic carbocycles. The van der Waals surface area contributed by atoms with Gasteiger partial charge in [0, 0.05) is 37.5 Å². The number of hydrogen-bond donors (Lipinski definition) is 1. The summed E-state index contributed by atoms with van der Waals surface area (Å²) in [4.78, 5) is 28.9. The number of benzene rings is 2. The minimum absolute atomic E-state index is 0.0367. The molecule has 2 saturated heterocycles. The van der Waals surface area contributed by atoms with Gasteiger partial charge in [0.2, 0.25) is 0 Å². The number of halogens is 2. The quantitative estimate of drug-likeness (QED) is 0.767. The summed E-state index contributed by atoms with van der Waals surface area (Å²) in [6.07, 6.45) is 1.06. The minimum Gasteiger partial charge on any atom is -0.480 e. The number of amides is 1. The third-order valence-corrected chi connectivity index (χ3v) is 6.36. The van der Waals surface area contributed by atoms with E-state index in [9.17, 15) is 14.7 Å². The van der Waals surface area contributed by atoms with E-state index in [1.807, 2.05) is 18.2 Å². The molecule has 1 amide bonds. The van der Waals surface area contributed by atoms with Gasteiger partial charge < -0.3 is 9.84 Å². The van der Waals surface area contributed by atoms with Crippen LogP contribution in [0.25, 0.3) is 0 Å². The molecule has 2 heterocycles. The number of rotatable bonds is 4. The number of piperidine rings is 1. The normalized spacial score (nSPS) is 21.1. The van der Waals surface area contributed by atoms with E-state index < -0.39 is 23.6 Å².